The molecule has 1 N–H and O–H groups in total. The Hall–Kier alpha value is -1.55. The summed E-state index contributed by atoms with van der Waals surface area (Å²) in [5, 5.41) is 3.90. The van der Waals surface area contributed by atoms with Gasteiger partial charge in [-0.25, -0.2) is 0 Å². The summed E-state index contributed by atoms with van der Waals surface area (Å²) in [5.74, 6) is -0.0365. The normalized spacial score (nSPS) is 10.9. The fourth-order valence-electron chi connectivity index (χ4n) is 2.57. The molecule has 2 rings (SSSR count). The van der Waals surface area contributed by atoms with Crippen molar-refractivity contribution in [2.45, 2.75) is 33.4 Å². The molecule has 134 valence electrons. The maximum atomic E-state index is 12.1. The van der Waals surface area contributed by atoms with E-state index in [-0.39, 0.29) is 12.3 Å². The first-order valence-corrected chi connectivity index (χ1v) is 9.28. The van der Waals surface area contributed by atoms with Crippen molar-refractivity contribution in [3.63, 3.8) is 0 Å². The fourth-order valence-corrected chi connectivity index (χ4v) is 2.89. The lowest BCUT2D eigenvalue weighted by molar-refractivity contribution is -0.120. The summed E-state index contributed by atoms with van der Waals surface area (Å²) in [6.07, 6.45) is 0.289. The molecule has 0 aliphatic rings. The molecule has 0 heterocycles. The van der Waals surface area contributed by atoms with Gasteiger partial charge in [0.2, 0.25) is 5.91 Å². The molecular weight excluding hydrogens is 355 g/mol. The molecule has 0 aliphatic heterocycles. The van der Waals surface area contributed by atoms with Crippen LogP contribution in [0.25, 0.3) is 0 Å². The molecular formula is C20H24Cl2N2O. The quantitative estimate of drug-likeness (QED) is 0.722. The number of rotatable bonds is 8. The topological polar surface area (TPSA) is 32.3 Å². The van der Waals surface area contributed by atoms with Gasteiger partial charge in [-0.15, -0.1) is 0 Å². The van der Waals surface area contributed by atoms with Crippen LogP contribution in [0.4, 0.5) is 0 Å². The van der Waals surface area contributed by atoms with E-state index in [0.29, 0.717) is 16.6 Å². The van der Waals surface area contributed by atoms with Crippen LogP contribution in [0, 0.1) is 0 Å². The Morgan fingerprint density at radius 3 is 2.12 bits per heavy atom. The van der Waals surface area contributed by atoms with Gasteiger partial charge in [-0.05, 0) is 41.9 Å². The standard InChI is InChI=1S/C20H24Cl2N2O/c1-3-24(4-2)14-16-7-5-15(6-8-16)13-23-20(25)12-17-9-10-18(21)19(22)11-17/h5-11H,3-4,12-14H2,1-2H3,(H,23,25). The number of carbonyl (C=O) groups is 1. The van der Waals surface area contributed by atoms with Gasteiger partial charge in [-0.1, -0.05) is 67.4 Å². The Kier molecular flexibility index (Phi) is 7.76. The van der Waals surface area contributed by atoms with Gasteiger partial charge in [0.25, 0.3) is 0 Å². The zero-order valence-corrected chi connectivity index (χ0v) is 16.2. The van der Waals surface area contributed by atoms with Crippen molar-refractivity contribution < 1.29 is 4.79 Å². The molecule has 3 nitrogen and oxygen atoms in total. The molecule has 0 radical (unpaired) electrons. The first-order valence-electron chi connectivity index (χ1n) is 8.52. The smallest absolute Gasteiger partial charge is 0.224 e. The predicted octanol–water partition coefficient (Wildman–Crippen LogP) is 4.69. The van der Waals surface area contributed by atoms with Gasteiger partial charge >= 0.3 is 0 Å². The SMILES string of the molecule is CCN(CC)Cc1ccc(CNC(=O)Cc2ccc(Cl)c(Cl)c2)cc1. The van der Waals surface area contributed by atoms with Crippen LogP contribution in [-0.4, -0.2) is 23.9 Å². The van der Waals surface area contributed by atoms with Crippen molar-refractivity contribution in [1.29, 1.82) is 0 Å². The minimum atomic E-state index is -0.0365. The maximum Gasteiger partial charge on any atom is 0.224 e. The van der Waals surface area contributed by atoms with Gasteiger partial charge in [0.15, 0.2) is 0 Å². The lowest BCUT2D eigenvalue weighted by Gasteiger charge is -2.18. The van der Waals surface area contributed by atoms with E-state index in [1.807, 2.05) is 6.07 Å². The van der Waals surface area contributed by atoms with Crippen LogP contribution in [0.3, 0.4) is 0 Å². The largest absolute Gasteiger partial charge is 0.352 e. The highest BCUT2D eigenvalue weighted by Gasteiger charge is 2.06. The van der Waals surface area contributed by atoms with E-state index in [4.69, 9.17) is 23.2 Å². The van der Waals surface area contributed by atoms with Crippen LogP contribution >= 0.6 is 23.2 Å². The summed E-state index contributed by atoms with van der Waals surface area (Å²) in [6, 6.07) is 13.6. The Labute approximate surface area is 159 Å². The summed E-state index contributed by atoms with van der Waals surface area (Å²) in [6.45, 7) is 7.90. The predicted molar refractivity (Wildman–Crippen MR) is 105 cm³/mol. The summed E-state index contributed by atoms with van der Waals surface area (Å²) >= 11 is 11.9. The van der Waals surface area contributed by atoms with Crippen molar-refractivity contribution in [3.8, 4) is 0 Å². The Bertz CT molecular complexity index is 697. The van der Waals surface area contributed by atoms with Gasteiger partial charge < -0.3 is 5.32 Å². The minimum Gasteiger partial charge on any atom is -0.352 e. The number of benzene rings is 2. The van der Waals surface area contributed by atoms with Crippen LogP contribution in [0.1, 0.15) is 30.5 Å². The van der Waals surface area contributed by atoms with E-state index in [0.717, 1.165) is 30.8 Å². The molecule has 0 fully saturated rings. The number of hydrogen-bond acceptors (Lipinski definition) is 2. The third-order valence-corrected chi connectivity index (χ3v) is 4.90. The monoisotopic (exact) mass is 378 g/mol. The summed E-state index contributed by atoms with van der Waals surface area (Å²) in [5.41, 5.74) is 3.22. The van der Waals surface area contributed by atoms with Gasteiger partial charge in [0, 0.05) is 13.1 Å². The van der Waals surface area contributed by atoms with Crippen LogP contribution in [0.5, 0.6) is 0 Å². The maximum absolute atomic E-state index is 12.1. The van der Waals surface area contributed by atoms with Gasteiger partial charge in [-0.3, -0.25) is 9.69 Å². The average molecular weight is 379 g/mol. The lowest BCUT2D eigenvalue weighted by Crippen LogP contribution is -2.24. The molecule has 0 spiro atoms. The molecule has 1 amide bonds. The third-order valence-electron chi connectivity index (χ3n) is 4.16. The molecule has 0 bridgehead atoms. The second-order valence-corrected chi connectivity index (χ2v) is 6.79. The second kappa shape index (κ2) is 9.81. The summed E-state index contributed by atoms with van der Waals surface area (Å²) in [4.78, 5) is 14.4. The molecule has 5 heteroatoms. The molecule has 0 saturated carbocycles. The molecule has 0 unspecified atom stereocenters. The first kappa shape index (κ1) is 19.8. The highest BCUT2D eigenvalue weighted by molar-refractivity contribution is 6.42. The van der Waals surface area contributed by atoms with Crippen LogP contribution in [0.15, 0.2) is 42.5 Å². The molecule has 0 atom stereocenters. The molecule has 0 aromatic heterocycles. The van der Waals surface area contributed by atoms with E-state index in [9.17, 15) is 4.79 Å². The minimum absolute atomic E-state index is 0.0365. The van der Waals surface area contributed by atoms with Gasteiger partial charge in [0.1, 0.15) is 0 Å². The number of amides is 1. The molecule has 25 heavy (non-hydrogen) atoms. The Morgan fingerprint density at radius 1 is 0.920 bits per heavy atom. The van der Waals surface area contributed by atoms with Gasteiger partial charge in [0.05, 0.1) is 16.5 Å². The molecule has 0 saturated heterocycles. The molecule has 2 aromatic carbocycles. The number of halogens is 2. The van der Waals surface area contributed by atoms with E-state index < -0.39 is 0 Å². The van der Waals surface area contributed by atoms with Crippen LogP contribution < -0.4 is 5.32 Å². The fraction of sp³-hybridized carbons (Fsp3) is 0.350. The first-order chi connectivity index (χ1) is 12.0. The zero-order chi connectivity index (χ0) is 18.2. The van der Waals surface area contributed by atoms with Crippen LogP contribution in [0.2, 0.25) is 10.0 Å². The number of nitrogens with zero attached hydrogens (tertiary/aromatic N) is 1. The Balaban J connectivity index is 1.84. The van der Waals surface area contributed by atoms with E-state index in [1.165, 1.54) is 5.56 Å². The summed E-state index contributed by atoms with van der Waals surface area (Å²) < 4.78 is 0. The van der Waals surface area contributed by atoms with Crippen molar-refractivity contribution in [2.24, 2.45) is 0 Å². The van der Waals surface area contributed by atoms with Crippen molar-refractivity contribution in [1.82, 2.24) is 10.2 Å². The average Bonchev–Trinajstić information content (AvgIpc) is 2.62. The molecule has 0 aliphatic carbocycles. The summed E-state index contributed by atoms with van der Waals surface area (Å²) in [7, 11) is 0. The number of hydrogen-bond donors (Lipinski definition) is 1. The van der Waals surface area contributed by atoms with Gasteiger partial charge in [-0.2, -0.15) is 0 Å². The highest BCUT2D eigenvalue weighted by atomic mass is 35.5. The number of carbonyl (C=O) groups excluding carboxylic acids is 1. The zero-order valence-electron chi connectivity index (χ0n) is 14.7. The highest BCUT2D eigenvalue weighted by Crippen LogP contribution is 2.22. The van der Waals surface area contributed by atoms with Crippen molar-refractivity contribution in [2.75, 3.05) is 13.1 Å². The molecule has 2 aromatic rings. The number of nitrogens with one attached hydrogen (secondary N) is 1. The van der Waals surface area contributed by atoms with E-state index in [2.05, 4.69) is 48.3 Å². The second-order valence-electron chi connectivity index (χ2n) is 5.98. The van der Waals surface area contributed by atoms with E-state index in [1.54, 1.807) is 12.1 Å². The van der Waals surface area contributed by atoms with E-state index >= 15 is 0 Å². The lowest BCUT2D eigenvalue weighted by atomic mass is 10.1. The Morgan fingerprint density at radius 2 is 1.52 bits per heavy atom. The van der Waals surface area contributed by atoms with Crippen molar-refractivity contribution >= 4 is 29.1 Å². The van der Waals surface area contributed by atoms with Crippen LogP contribution in [-0.2, 0) is 24.3 Å². The third kappa shape index (κ3) is 6.35. The van der Waals surface area contributed by atoms with Crippen molar-refractivity contribution in [3.05, 3.63) is 69.2 Å².